The predicted molar refractivity (Wildman–Crippen MR) is 252 cm³/mol. The van der Waals surface area contributed by atoms with Gasteiger partial charge in [-0.1, -0.05) is 111 Å². The number of allylic oxidation sites excluding steroid dienone is 16. The van der Waals surface area contributed by atoms with Crippen LogP contribution in [0.25, 0.3) is 0 Å². The first-order valence-corrected chi connectivity index (χ1v) is 23.8. The number of hydrogen-bond acceptors (Lipinski definition) is 15. The Balaban J connectivity index is 1.88. The number of aliphatic hydroxyl groups excluding tert-OH is 7. The first-order chi connectivity index (χ1) is 32.0. The van der Waals surface area contributed by atoms with Crippen molar-refractivity contribution >= 4 is 11.9 Å². The van der Waals surface area contributed by atoms with Crippen molar-refractivity contribution in [1.82, 2.24) is 0 Å². The fraction of sp³-hybridized carbons (Fsp3) is 0.647. The van der Waals surface area contributed by atoms with Gasteiger partial charge in [0.15, 0.2) is 18.7 Å². The van der Waals surface area contributed by atoms with E-state index < -0.39 is 99.3 Å². The Morgan fingerprint density at radius 3 is 1.36 bits per heavy atom. The summed E-state index contributed by atoms with van der Waals surface area (Å²) >= 11 is 0. The van der Waals surface area contributed by atoms with Gasteiger partial charge < -0.3 is 64.2 Å². The van der Waals surface area contributed by atoms with E-state index in [1.54, 1.807) is 0 Å². The molecule has 15 nitrogen and oxygen atoms in total. The highest BCUT2D eigenvalue weighted by Gasteiger charge is 2.47. The van der Waals surface area contributed by atoms with Crippen LogP contribution >= 0.6 is 0 Å². The summed E-state index contributed by atoms with van der Waals surface area (Å²) in [4.78, 5) is 25.7. The van der Waals surface area contributed by atoms with Gasteiger partial charge in [0, 0.05) is 12.8 Å². The maximum atomic E-state index is 13.0. The summed E-state index contributed by atoms with van der Waals surface area (Å²) in [5, 5.41) is 72.0. The summed E-state index contributed by atoms with van der Waals surface area (Å²) in [6.07, 6.45) is 28.8. The van der Waals surface area contributed by atoms with Gasteiger partial charge in [-0.3, -0.25) is 9.59 Å². The molecule has 2 saturated heterocycles. The first kappa shape index (κ1) is 58.5. The van der Waals surface area contributed by atoms with Gasteiger partial charge in [0.2, 0.25) is 0 Å². The van der Waals surface area contributed by atoms with Crippen molar-refractivity contribution in [3.63, 3.8) is 0 Å². The Labute approximate surface area is 392 Å². The van der Waals surface area contributed by atoms with Gasteiger partial charge >= 0.3 is 11.9 Å². The number of esters is 2. The van der Waals surface area contributed by atoms with Gasteiger partial charge in [-0.15, -0.1) is 0 Å². The van der Waals surface area contributed by atoms with Gasteiger partial charge in [-0.25, -0.2) is 0 Å². The maximum absolute atomic E-state index is 13.0. The molecule has 7 N–H and O–H groups in total. The van der Waals surface area contributed by atoms with E-state index in [1.165, 1.54) is 0 Å². The zero-order valence-electron chi connectivity index (χ0n) is 39.1. The van der Waals surface area contributed by atoms with Crippen LogP contribution in [0.1, 0.15) is 117 Å². The third-order valence-electron chi connectivity index (χ3n) is 10.6. The normalized spacial score (nSPS) is 27.0. The molecule has 0 bridgehead atoms. The molecule has 374 valence electrons. The fourth-order valence-electron chi connectivity index (χ4n) is 6.67. The fourth-order valence-corrected chi connectivity index (χ4v) is 6.67. The van der Waals surface area contributed by atoms with Crippen LogP contribution in [0.4, 0.5) is 0 Å². The molecule has 2 rings (SSSR count). The molecule has 66 heavy (non-hydrogen) atoms. The van der Waals surface area contributed by atoms with E-state index in [2.05, 4.69) is 111 Å². The molecule has 0 aliphatic carbocycles. The Hall–Kier alpha value is -3.58. The number of carbonyl (C=O) groups excluding carboxylic acids is 2. The Kier molecular flexibility index (Phi) is 33.2. The van der Waals surface area contributed by atoms with Crippen molar-refractivity contribution in [2.24, 2.45) is 0 Å². The first-order valence-electron chi connectivity index (χ1n) is 23.8. The van der Waals surface area contributed by atoms with Crippen LogP contribution in [0.3, 0.4) is 0 Å². The van der Waals surface area contributed by atoms with E-state index in [4.69, 9.17) is 28.4 Å². The van der Waals surface area contributed by atoms with Gasteiger partial charge in [0.25, 0.3) is 0 Å². The summed E-state index contributed by atoms with van der Waals surface area (Å²) in [6.45, 7) is 2.23. The largest absolute Gasteiger partial charge is 0.462 e. The molecule has 0 aromatic rings. The van der Waals surface area contributed by atoms with E-state index >= 15 is 0 Å². The van der Waals surface area contributed by atoms with E-state index in [0.717, 1.165) is 77.0 Å². The molecule has 0 aromatic carbocycles. The predicted octanol–water partition coefficient (Wildman–Crippen LogP) is 5.81. The van der Waals surface area contributed by atoms with Gasteiger partial charge in [-0.05, 0) is 89.9 Å². The monoisotopic (exact) mass is 933 g/mol. The molecule has 2 aliphatic heterocycles. The summed E-state index contributed by atoms with van der Waals surface area (Å²) in [7, 11) is 0. The second kappa shape index (κ2) is 37.4. The molecule has 1 unspecified atom stereocenters. The minimum Gasteiger partial charge on any atom is -0.462 e. The molecule has 0 amide bonds. The van der Waals surface area contributed by atoms with Crippen LogP contribution in [-0.2, 0) is 38.0 Å². The summed E-state index contributed by atoms with van der Waals surface area (Å²) in [6, 6.07) is 0. The number of aliphatic hydroxyl groups is 7. The van der Waals surface area contributed by atoms with Crippen molar-refractivity contribution < 1.29 is 73.8 Å². The second-order valence-corrected chi connectivity index (χ2v) is 16.2. The van der Waals surface area contributed by atoms with Gasteiger partial charge in [0.05, 0.1) is 19.8 Å². The maximum Gasteiger partial charge on any atom is 0.306 e. The Bertz CT molecular complexity index is 1520. The van der Waals surface area contributed by atoms with Crippen molar-refractivity contribution in [3.8, 4) is 0 Å². The smallest absolute Gasteiger partial charge is 0.306 e. The number of ether oxygens (including phenoxy) is 6. The molecular weight excluding hydrogens is 853 g/mol. The van der Waals surface area contributed by atoms with Crippen LogP contribution in [0.2, 0.25) is 0 Å². The third kappa shape index (κ3) is 25.5. The second-order valence-electron chi connectivity index (χ2n) is 16.2. The molecular formula is C51H80O15. The Morgan fingerprint density at radius 2 is 0.894 bits per heavy atom. The molecule has 15 heteroatoms. The van der Waals surface area contributed by atoms with Crippen LogP contribution in [0.15, 0.2) is 97.2 Å². The zero-order chi connectivity index (χ0) is 48.2. The molecule has 0 spiro atoms. The van der Waals surface area contributed by atoms with Crippen LogP contribution in [0, 0.1) is 0 Å². The molecule has 0 radical (unpaired) electrons. The highest BCUT2D eigenvalue weighted by Crippen LogP contribution is 2.26. The summed E-state index contributed by atoms with van der Waals surface area (Å²) in [5.74, 6) is -1.04. The van der Waals surface area contributed by atoms with Crippen LogP contribution < -0.4 is 0 Å². The van der Waals surface area contributed by atoms with Crippen molar-refractivity contribution in [1.29, 1.82) is 0 Å². The summed E-state index contributed by atoms with van der Waals surface area (Å²) < 4.78 is 33.4. The molecule has 11 atom stereocenters. The van der Waals surface area contributed by atoms with Crippen LogP contribution in [0.5, 0.6) is 0 Å². The molecule has 2 aliphatic rings. The highest BCUT2D eigenvalue weighted by atomic mass is 16.7. The lowest BCUT2D eigenvalue weighted by molar-refractivity contribution is -0.332. The zero-order valence-corrected chi connectivity index (χ0v) is 39.1. The Morgan fingerprint density at radius 1 is 0.485 bits per heavy atom. The van der Waals surface area contributed by atoms with E-state index in [1.807, 2.05) is 0 Å². The quantitative estimate of drug-likeness (QED) is 0.0229. The lowest BCUT2D eigenvalue weighted by Crippen LogP contribution is -2.61. The molecule has 2 fully saturated rings. The number of unbranched alkanes of at least 4 members (excludes halogenated alkanes) is 4. The van der Waals surface area contributed by atoms with Crippen molar-refractivity contribution in [2.45, 2.75) is 184 Å². The van der Waals surface area contributed by atoms with Crippen molar-refractivity contribution in [3.05, 3.63) is 97.2 Å². The van der Waals surface area contributed by atoms with Gasteiger partial charge in [-0.2, -0.15) is 0 Å². The standard InChI is InChI=1S/C51H80O15/c1-3-5-7-9-11-13-15-17-19-21-23-25-27-29-31-33-42(53)61-36-39(64-43(54)34-32-30-28-26-24-22-20-18-16-14-12-10-8-6-4-2)37-62-50-49(60)47(58)45(56)41(66-50)38-63-51-48(59)46(57)44(55)40(35-52)65-51/h5-8,11-14,17-20,23-26,39-41,44-52,55-60H,3-4,9-10,15-16,21-22,27-38H2,1-2H3/b7-5-,8-6-,13-11-,14-12-,19-17-,20-18-,25-23-,26-24-/t39?,40-,41-,44+,45+,46+,47+,48-,49-,50-,51+/m1/s1. The average Bonchev–Trinajstić information content (AvgIpc) is 3.31. The molecule has 2 heterocycles. The topological polar surface area (TPSA) is 231 Å². The van der Waals surface area contributed by atoms with E-state index in [9.17, 15) is 45.3 Å². The lowest BCUT2D eigenvalue weighted by atomic mass is 9.98. The number of hydrogen-bond donors (Lipinski definition) is 7. The van der Waals surface area contributed by atoms with Crippen molar-refractivity contribution in [2.75, 3.05) is 26.4 Å². The number of carbonyl (C=O) groups is 2. The molecule has 0 aromatic heterocycles. The average molecular weight is 933 g/mol. The SMILES string of the molecule is CC/C=C\C/C=C\C/C=C\C/C=C\CCCCC(=O)OCC(CO[C@@H]1O[C@H](CO[C@H]2O[C@H](CO)[C@H](O)[C@H](O)[C@H]2O)[C@H](O)[C@H](O)[C@H]1O)OC(=O)CCCC/C=C\C/C=C\C/C=C\C/C=C\CC. The van der Waals surface area contributed by atoms with Gasteiger partial charge in [0.1, 0.15) is 55.4 Å². The minimum absolute atomic E-state index is 0.0973. The summed E-state index contributed by atoms with van der Waals surface area (Å²) in [5.41, 5.74) is 0. The number of rotatable bonds is 34. The van der Waals surface area contributed by atoms with Crippen LogP contribution in [-0.4, -0.2) is 142 Å². The lowest BCUT2D eigenvalue weighted by Gasteiger charge is -2.42. The third-order valence-corrected chi connectivity index (χ3v) is 10.6. The molecule has 0 saturated carbocycles. The van der Waals surface area contributed by atoms with E-state index in [-0.39, 0.29) is 19.4 Å². The minimum atomic E-state index is -1.78. The highest BCUT2D eigenvalue weighted by molar-refractivity contribution is 5.70. The van der Waals surface area contributed by atoms with E-state index in [0.29, 0.717) is 12.8 Å².